The second-order valence-electron chi connectivity index (χ2n) is 25.7. The standard InChI is InChI=1S/C68H72BN3/c1-43-38-61-63-62(39-43)72(51-33-35-54-53-18-16-17-19-55(53)68(14,15)56(54)41-51)60-42-52(70(48-27-20-44(21-28-48)64(2,3)4)49-29-22-45(23-30-49)65(5,6)7)34-37-58(60)69(63)57-36-26-47(67(11,12)13)40-59(57)71(61)50-31-24-46(25-32-50)66(8,9)10/h16-42H,1-15H3. The lowest BCUT2D eigenvalue weighted by Crippen LogP contribution is -2.61. The third-order valence-corrected chi connectivity index (χ3v) is 16.1. The third-order valence-electron chi connectivity index (χ3n) is 16.1. The van der Waals surface area contributed by atoms with Gasteiger partial charge in [-0.25, -0.2) is 0 Å². The van der Waals surface area contributed by atoms with Gasteiger partial charge in [-0.2, -0.15) is 0 Å². The average Bonchev–Trinajstić information content (AvgIpc) is 3.55. The van der Waals surface area contributed by atoms with Crippen molar-refractivity contribution in [3.63, 3.8) is 0 Å². The predicted octanol–water partition coefficient (Wildman–Crippen LogP) is 17.0. The van der Waals surface area contributed by atoms with Gasteiger partial charge < -0.3 is 14.7 Å². The summed E-state index contributed by atoms with van der Waals surface area (Å²) in [5, 5.41) is 0. The Morgan fingerprint density at radius 1 is 0.389 bits per heavy atom. The largest absolute Gasteiger partial charge is 0.311 e. The summed E-state index contributed by atoms with van der Waals surface area (Å²) in [4.78, 5) is 7.65. The molecular weight excluding hydrogens is 870 g/mol. The summed E-state index contributed by atoms with van der Waals surface area (Å²) >= 11 is 0. The molecule has 0 N–H and O–H groups in total. The lowest BCUT2D eigenvalue weighted by Gasteiger charge is -2.45. The second-order valence-corrected chi connectivity index (χ2v) is 25.7. The molecule has 72 heavy (non-hydrogen) atoms. The van der Waals surface area contributed by atoms with Crippen LogP contribution in [0.15, 0.2) is 164 Å². The van der Waals surface area contributed by atoms with E-state index in [1.807, 2.05) is 0 Å². The Bertz CT molecular complexity index is 3360. The van der Waals surface area contributed by atoms with Crippen LogP contribution in [0.5, 0.6) is 0 Å². The number of hydrogen-bond donors (Lipinski definition) is 0. The first kappa shape index (κ1) is 47.5. The van der Waals surface area contributed by atoms with Crippen molar-refractivity contribution < 1.29 is 0 Å². The van der Waals surface area contributed by atoms with Gasteiger partial charge in [0.25, 0.3) is 6.71 Å². The van der Waals surface area contributed by atoms with Crippen LogP contribution in [-0.4, -0.2) is 6.71 Å². The van der Waals surface area contributed by atoms with Crippen molar-refractivity contribution in [1.82, 2.24) is 0 Å². The molecular formula is C68H72BN3. The lowest BCUT2D eigenvalue weighted by molar-refractivity contribution is 0.590. The van der Waals surface area contributed by atoms with Crippen molar-refractivity contribution in [3.8, 4) is 11.1 Å². The van der Waals surface area contributed by atoms with Crippen LogP contribution >= 0.6 is 0 Å². The van der Waals surface area contributed by atoms with Gasteiger partial charge in [0.15, 0.2) is 0 Å². The summed E-state index contributed by atoms with van der Waals surface area (Å²) in [6, 6.07) is 63.7. The molecule has 8 aromatic carbocycles. The Hall–Kier alpha value is -6.78. The molecule has 3 aliphatic rings. The summed E-state index contributed by atoms with van der Waals surface area (Å²) in [5.74, 6) is 0. The number of anilines is 9. The first-order chi connectivity index (χ1) is 33.9. The molecule has 1 aliphatic carbocycles. The van der Waals surface area contributed by atoms with Crippen molar-refractivity contribution in [2.75, 3.05) is 14.7 Å². The molecule has 0 amide bonds. The number of rotatable bonds is 5. The van der Waals surface area contributed by atoms with Crippen molar-refractivity contribution in [1.29, 1.82) is 0 Å². The van der Waals surface area contributed by atoms with Gasteiger partial charge in [-0.1, -0.05) is 182 Å². The smallest absolute Gasteiger partial charge is 0.252 e. The Labute approximate surface area is 431 Å². The zero-order valence-electron chi connectivity index (χ0n) is 45.5. The van der Waals surface area contributed by atoms with E-state index in [1.54, 1.807) is 0 Å². The van der Waals surface area contributed by atoms with Crippen molar-refractivity contribution in [2.45, 2.75) is 131 Å². The average molecular weight is 942 g/mol. The molecule has 2 heterocycles. The topological polar surface area (TPSA) is 9.72 Å². The summed E-state index contributed by atoms with van der Waals surface area (Å²) in [7, 11) is 0. The van der Waals surface area contributed by atoms with Crippen LogP contribution in [0.1, 0.15) is 136 Å². The molecule has 0 fully saturated rings. The number of nitrogens with zero attached hydrogens (tertiary/aromatic N) is 3. The van der Waals surface area contributed by atoms with Crippen molar-refractivity contribution in [3.05, 3.63) is 203 Å². The molecule has 0 radical (unpaired) electrons. The van der Waals surface area contributed by atoms with E-state index >= 15 is 0 Å². The minimum atomic E-state index is -0.161. The van der Waals surface area contributed by atoms with Gasteiger partial charge in [0, 0.05) is 56.6 Å². The Kier molecular flexibility index (Phi) is 10.8. The zero-order chi connectivity index (χ0) is 51.0. The van der Waals surface area contributed by atoms with Crippen molar-refractivity contribution >= 4 is 74.3 Å². The van der Waals surface area contributed by atoms with Gasteiger partial charge >= 0.3 is 0 Å². The van der Waals surface area contributed by atoms with E-state index in [0.29, 0.717) is 0 Å². The molecule has 8 aromatic rings. The molecule has 0 spiro atoms. The highest BCUT2D eigenvalue weighted by Crippen LogP contribution is 2.52. The van der Waals surface area contributed by atoms with Crippen LogP contribution in [0.25, 0.3) is 11.1 Å². The fourth-order valence-corrected chi connectivity index (χ4v) is 11.9. The van der Waals surface area contributed by atoms with Crippen LogP contribution in [-0.2, 0) is 27.1 Å². The normalized spacial score (nSPS) is 14.6. The molecule has 0 unspecified atom stereocenters. The van der Waals surface area contributed by atoms with E-state index in [4.69, 9.17) is 0 Å². The highest BCUT2D eigenvalue weighted by atomic mass is 15.2. The van der Waals surface area contributed by atoms with E-state index in [9.17, 15) is 0 Å². The molecule has 0 aromatic heterocycles. The van der Waals surface area contributed by atoms with Crippen LogP contribution < -0.4 is 31.1 Å². The van der Waals surface area contributed by atoms with E-state index in [0.717, 1.165) is 17.1 Å². The molecule has 4 heteroatoms. The highest BCUT2D eigenvalue weighted by Gasteiger charge is 2.45. The first-order valence-electron chi connectivity index (χ1n) is 26.3. The summed E-state index contributed by atoms with van der Waals surface area (Å²) < 4.78 is 0. The highest BCUT2D eigenvalue weighted by molar-refractivity contribution is 7.00. The number of aryl methyl sites for hydroxylation is 1. The van der Waals surface area contributed by atoms with E-state index in [-0.39, 0.29) is 33.8 Å². The summed E-state index contributed by atoms with van der Waals surface area (Å²) in [5.41, 5.74) is 26.5. The lowest BCUT2D eigenvalue weighted by atomic mass is 9.33. The Balaban J connectivity index is 1.19. The Morgan fingerprint density at radius 2 is 0.819 bits per heavy atom. The SMILES string of the molecule is Cc1cc2c3c(c1)N(c1ccc(C(C)(C)C)cc1)c1cc(C(C)(C)C)ccc1B3c1ccc(N(c3ccc(C(C)(C)C)cc3)c3ccc(C(C)(C)C)cc3)cc1N2c1ccc2c(c1)C(C)(C)c1ccccc1-2. The summed E-state index contributed by atoms with van der Waals surface area (Å²) in [6.07, 6.45) is 0. The van der Waals surface area contributed by atoms with Gasteiger partial charge in [-0.05, 0) is 174 Å². The summed E-state index contributed by atoms with van der Waals surface area (Å²) in [6.45, 7) is 34.7. The van der Waals surface area contributed by atoms with Gasteiger partial charge in [0.05, 0.1) is 0 Å². The first-order valence-corrected chi connectivity index (χ1v) is 26.3. The van der Waals surface area contributed by atoms with E-state index in [2.05, 4.69) is 282 Å². The molecule has 2 aliphatic heterocycles. The van der Waals surface area contributed by atoms with E-state index < -0.39 is 0 Å². The fraction of sp³-hybridized carbons (Fsp3) is 0.294. The molecule has 3 nitrogen and oxygen atoms in total. The van der Waals surface area contributed by atoms with E-state index in [1.165, 1.54) is 101 Å². The number of fused-ring (bicyclic) bond motifs is 7. The zero-order valence-corrected chi connectivity index (χ0v) is 45.5. The van der Waals surface area contributed by atoms with Crippen LogP contribution in [0, 0.1) is 6.92 Å². The van der Waals surface area contributed by atoms with Crippen LogP contribution in [0.2, 0.25) is 0 Å². The molecule has 362 valence electrons. The predicted molar refractivity (Wildman–Crippen MR) is 312 cm³/mol. The quantitative estimate of drug-likeness (QED) is 0.159. The maximum atomic E-state index is 2.61. The second kappa shape index (κ2) is 16.4. The van der Waals surface area contributed by atoms with Gasteiger partial charge in [0.1, 0.15) is 0 Å². The maximum absolute atomic E-state index is 2.61. The van der Waals surface area contributed by atoms with Crippen LogP contribution in [0.4, 0.5) is 51.2 Å². The van der Waals surface area contributed by atoms with Gasteiger partial charge in [-0.15, -0.1) is 0 Å². The van der Waals surface area contributed by atoms with Crippen molar-refractivity contribution in [2.24, 2.45) is 0 Å². The van der Waals surface area contributed by atoms with Crippen LogP contribution in [0.3, 0.4) is 0 Å². The molecule has 0 saturated heterocycles. The molecule has 0 atom stereocenters. The fourth-order valence-electron chi connectivity index (χ4n) is 11.9. The monoisotopic (exact) mass is 942 g/mol. The molecule has 0 saturated carbocycles. The third kappa shape index (κ3) is 7.79. The minimum absolute atomic E-state index is 0.00859. The minimum Gasteiger partial charge on any atom is -0.311 e. The Morgan fingerprint density at radius 3 is 1.36 bits per heavy atom. The molecule has 11 rings (SSSR count). The number of benzene rings is 8. The number of hydrogen-bond acceptors (Lipinski definition) is 3. The van der Waals surface area contributed by atoms with Gasteiger partial charge in [0.2, 0.25) is 0 Å². The maximum Gasteiger partial charge on any atom is 0.252 e. The van der Waals surface area contributed by atoms with Gasteiger partial charge in [-0.3, -0.25) is 0 Å². The molecule has 0 bridgehead atoms.